The second-order valence-electron chi connectivity index (χ2n) is 3.17. The fraction of sp³-hybridized carbons (Fsp3) is 0. The number of rotatable bonds is 1. The van der Waals surface area contributed by atoms with Crippen molar-refractivity contribution in [3.05, 3.63) is 52.5 Å². The molecule has 0 fully saturated rings. The molecular formula is C12H8Cl2O. The summed E-state index contributed by atoms with van der Waals surface area (Å²) in [6.45, 7) is 0. The van der Waals surface area contributed by atoms with Gasteiger partial charge in [0.25, 0.3) is 0 Å². The normalized spacial score (nSPS) is 10.3. The van der Waals surface area contributed by atoms with Crippen LogP contribution >= 0.6 is 23.2 Å². The summed E-state index contributed by atoms with van der Waals surface area (Å²) in [5.74, 6) is 0.212. The zero-order valence-electron chi connectivity index (χ0n) is 7.74. The summed E-state index contributed by atoms with van der Waals surface area (Å²) >= 11 is 11.9. The van der Waals surface area contributed by atoms with Gasteiger partial charge in [-0.1, -0.05) is 35.3 Å². The summed E-state index contributed by atoms with van der Waals surface area (Å²) in [7, 11) is 0. The van der Waals surface area contributed by atoms with E-state index in [2.05, 4.69) is 0 Å². The van der Waals surface area contributed by atoms with Gasteiger partial charge in [0.1, 0.15) is 5.75 Å². The molecule has 2 rings (SSSR count). The molecule has 0 unspecified atom stereocenters. The molecule has 0 spiro atoms. The Balaban J connectivity index is 2.58. The predicted octanol–water partition coefficient (Wildman–Crippen LogP) is 4.37. The van der Waals surface area contributed by atoms with Crippen LogP contribution in [0.1, 0.15) is 0 Å². The number of halogens is 2. The van der Waals surface area contributed by atoms with E-state index in [-0.39, 0.29) is 5.75 Å². The van der Waals surface area contributed by atoms with Crippen molar-refractivity contribution in [2.75, 3.05) is 0 Å². The number of phenolic OH excluding ortho intramolecular Hbond substituents is 1. The van der Waals surface area contributed by atoms with Crippen molar-refractivity contribution in [3.63, 3.8) is 0 Å². The van der Waals surface area contributed by atoms with E-state index in [9.17, 15) is 5.11 Å². The standard InChI is InChI=1S/C12H8Cl2O/c13-9-4-5-12(14)11(7-9)8-2-1-3-10(15)6-8/h1-7,15H. The molecule has 0 aliphatic rings. The number of hydrogen-bond acceptors (Lipinski definition) is 1. The molecule has 76 valence electrons. The molecule has 0 aliphatic heterocycles. The van der Waals surface area contributed by atoms with Crippen molar-refractivity contribution >= 4 is 23.2 Å². The maximum absolute atomic E-state index is 9.36. The molecule has 1 N–H and O–H groups in total. The molecular weight excluding hydrogens is 231 g/mol. The van der Waals surface area contributed by atoms with Crippen LogP contribution in [0.25, 0.3) is 11.1 Å². The fourth-order valence-corrected chi connectivity index (χ4v) is 1.79. The molecule has 2 aromatic rings. The van der Waals surface area contributed by atoms with Crippen LogP contribution in [0.5, 0.6) is 5.75 Å². The Labute approximate surface area is 97.9 Å². The molecule has 0 saturated carbocycles. The Morgan fingerprint density at radius 3 is 2.47 bits per heavy atom. The Hall–Kier alpha value is -1.18. The van der Waals surface area contributed by atoms with Crippen molar-refractivity contribution in [1.82, 2.24) is 0 Å². The molecule has 0 bridgehead atoms. The Bertz CT molecular complexity index is 495. The first-order valence-corrected chi connectivity index (χ1v) is 5.17. The maximum atomic E-state index is 9.36. The minimum absolute atomic E-state index is 0.212. The molecule has 0 saturated heterocycles. The predicted molar refractivity (Wildman–Crippen MR) is 63.6 cm³/mol. The first-order valence-electron chi connectivity index (χ1n) is 4.41. The van der Waals surface area contributed by atoms with Gasteiger partial charge < -0.3 is 5.11 Å². The average molecular weight is 239 g/mol. The minimum atomic E-state index is 0.212. The molecule has 1 nitrogen and oxygen atoms in total. The molecule has 0 amide bonds. The highest BCUT2D eigenvalue weighted by atomic mass is 35.5. The van der Waals surface area contributed by atoms with Gasteiger partial charge in [-0.2, -0.15) is 0 Å². The lowest BCUT2D eigenvalue weighted by atomic mass is 10.1. The zero-order chi connectivity index (χ0) is 10.8. The van der Waals surface area contributed by atoms with Gasteiger partial charge in [-0.3, -0.25) is 0 Å². The third-order valence-electron chi connectivity index (χ3n) is 2.09. The van der Waals surface area contributed by atoms with E-state index in [0.717, 1.165) is 11.1 Å². The summed E-state index contributed by atoms with van der Waals surface area (Å²) in [6, 6.07) is 12.1. The van der Waals surface area contributed by atoms with E-state index in [1.165, 1.54) is 0 Å². The summed E-state index contributed by atoms with van der Waals surface area (Å²) in [5, 5.41) is 10.6. The minimum Gasteiger partial charge on any atom is -0.508 e. The monoisotopic (exact) mass is 238 g/mol. The Morgan fingerprint density at radius 2 is 1.73 bits per heavy atom. The van der Waals surface area contributed by atoms with Gasteiger partial charge in [0.2, 0.25) is 0 Å². The van der Waals surface area contributed by atoms with Crippen LogP contribution in [0.4, 0.5) is 0 Å². The van der Waals surface area contributed by atoms with E-state index in [4.69, 9.17) is 23.2 Å². The first-order chi connectivity index (χ1) is 7.16. The molecule has 0 heterocycles. The second-order valence-corrected chi connectivity index (χ2v) is 4.02. The van der Waals surface area contributed by atoms with Crippen LogP contribution < -0.4 is 0 Å². The van der Waals surface area contributed by atoms with Crippen LogP contribution in [0.3, 0.4) is 0 Å². The van der Waals surface area contributed by atoms with Crippen molar-refractivity contribution in [3.8, 4) is 16.9 Å². The van der Waals surface area contributed by atoms with E-state index < -0.39 is 0 Å². The smallest absolute Gasteiger partial charge is 0.116 e. The van der Waals surface area contributed by atoms with Crippen molar-refractivity contribution in [2.45, 2.75) is 0 Å². The highest BCUT2D eigenvalue weighted by Gasteiger charge is 2.04. The second kappa shape index (κ2) is 4.13. The molecule has 3 heteroatoms. The van der Waals surface area contributed by atoms with E-state index in [0.29, 0.717) is 10.0 Å². The van der Waals surface area contributed by atoms with Crippen LogP contribution in [0.15, 0.2) is 42.5 Å². The third kappa shape index (κ3) is 2.25. The van der Waals surface area contributed by atoms with Gasteiger partial charge in [-0.05, 0) is 35.9 Å². The summed E-state index contributed by atoms with van der Waals surface area (Å²) < 4.78 is 0. The van der Waals surface area contributed by atoms with Crippen molar-refractivity contribution < 1.29 is 5.11 Å². The Morgan fingerprint density at radius 1 is 0.933 bits per heavy atom. The van der Waals surface area contributed by atoms with Gasteiger partial charge in [-0.15, -0.1) is 0 Å². The van der Waals surface area contributed by atoms with Gasteiger partial charge in [-0.25, -0.2) is 0 Å². The van der Waals surface area contributed by atoms with Gasteiger partial charge in [0.05, 0.1) is 0 Å². The van der Waals surface area contributed by atoms with Gasteiger partial charge in [0.15, 0.2) is 0 Å². The number of phenols is 1. The molecule has 0 atom stereocenters. The van der Waals surface area contributed by atoms with Gasteiger partial charge >= 0.3 is 0 Å². The first kappa shape index (κ1) is 10.3. The summed E-state index contributed by atoms with van der Waals surface area (Å²) in [4.78, 5) is 0. The molecule has 0 aliphatic carbocycles. The lowest BCUT2D eigenvalue weighted by Crippen LogP contribution is -1.79. The number of aromatic hydroxyl groups is 1. The number of hydrogen-bond donors (Lipinski definition) is 1. The average Bonchev–Trinajstić information content (AvgIpc) is 2.22. The highest BCUT2D eigenvalue weighted by molar-refractivity contribution is 6.35. The Kier molecular flexibility index (Phi) is 2.85. The quantitative estimate of drug-likeness (QED) is 0.783. The van der Waals surface area contributed by atoms with E-state index >= 15 is 0 Å². The summed E-state index contributed by atoms with van der Waals surface area (Å²) in [6.07, 6.45) is 0. The highest BCUT2D eigenvalue weighted by Crippen LogP contribution is 2.31. The lowest BCUT2D eigenvalue weighted by molar-refractivity contribution is 0.475. The largest absolute Gasteiger partial charge is 0.508 e. The molecule has 15 heavy (non-hydrogen) atoms. The van der Waals surface area contributed by atoms with Crippen molar-refractivity contribution in [1.29, 1.82) is 0 Å². The fourth-order valence-electron chi connectivity index (χ4n) is 1.39. The van der Waals surface area contributed by atoms with E-state index in [1.807, 2.05) is 6.07 Å². The lowest BCUT2D eigenvalue weighted by Gasteiger charge is -2.05. The molecule has 0 aromatic heterocycles. The van der Waals surface area contributed by atoms with Gasteiger partial charge in [0, 0.05) is 15.6 Å². The maximum Gasteiger partial charge on any atom is 0.116 e. The SMILES string of the molecule is Oc1cccc(-c2cc(Cl)ccc2Cl)c1. The molecule has 2 aromatic carbocycles. The third-order valence-corrected chi connectivity index (χ3v) is 2.65. The van der Waals surface area contributed by atoms with Crippen LogP contribution in [0, 0.1) is 0 Å². The zero-order valence-corrected chi connectivity index (χ0v) is 9.26. The number of benzene rings is 2. The van der Waals surface area contributed by atoms with Crippen LogP contribution in [-0.4, -0.2) is 5.11 Å². The molecule has 0 radical (unpaired) electrons. The van der Waals surface area contributed by atoms with E-state index in [1.54, 1.807) is 36.4 Å². The van der Waals surface area contributed by atoms with Crippen molar-refractivity contribution in [2.24, 2.45) is 0 Å². The summed E-state index contributed by atoms with van der Waals surface area (Å²) in [5.41, 5.74) is 1.67. The van der Waals surface area contributed by atoms with Crippen LogP contribution in [-0.2, 0) is 0 Å². The van der Waals surface area contributed by atoms with Crippen LogP contribution in [0.2, 0.25) is 10.0 Å². The topological polar surface area (TPSA) is 20.2 Å².